The van der Waals surface area contributed by atoms with E-state index in [-0.39, 0.29) is 52.4 Å². The Labute approximate surface area is 252 Å². The predicted octanol–water partition coefficient (Wildman–Crippen LogP) is 4.90. The first-order valence-corrected chi connectivity index (χ1v) is 15.3. The fourth-order valence-electron chi connectivity index (χ4n) is 4.51. The van der Waals surface area contributed by atoms with Crippen LogP contribution in [-0.2, 0) is 46.5 Å². The van der Waals surface area contributed by atoms with E-state index in [1.54, 1.807) is 0 Å². The maximum atomic E-state index is 5.54. The highest BCUT2D eigenvalue weighted by Crippen LogP contribution is 2.36. The van der Waals surface area contributed by atoms with Gasteiger partial charge in [0.15, 0.2) is 0 Å². The fourth-order valence-corrected chi connectivity index (χ4v) is 4.51. The molecule has 0 radical (unpaired) electrons. The summed E-state index contributed by atoms with van der Waals surface area (Å²) in [6, 6.07) is 0. The Morgan fingerprint density at radius 1 is 0.512 bits per heavy atom. The molecule has 5 heterocycles. The molecule has 5 aliphatic rings. The van der Waals surface area contributed by atoms with Gasteiger partial charge in [0.1, 0.15) is 0 Å². The van der Waals surface area contributed by atoms with Crippen molar-refractivity contribution < 1.29 is 46.5 Å². The molecule has 0 aromatic heterocycles. The summed E-state index contributed by atoms with van der Waals surface area (Å²) in [5.74, 6) is 0.575. The molecule has 5 aliphatic heterocycles. The third-order valence-electron chi connectivity index (χ3n) is 7.07. The average molecular weight is 584 g/mol. The van der Waals surface area contributed by atoms with Gasteiger partial charge in [-0.15, -0.1) is 0 Å². The maximum Gasteiger partial charge on any atom is 0.454 e. The van der Waals surface area contributed by atoms with E-state index in [0.29, 0.717) is 12.0 Å². The van der Waals surface area contributed by atoms with Crippen molar-refractivity contribution in [3.05, 3.63) is 0 Å². The van der Waals surface area contributed by atoms with Crippen LogP contribution < -0.4 is 0 Å². The van der Waals surface area contributed by atoms with E-state index in [0.717, 1.165) is 52.5 Å². The summed E-state index contributed by atoms with van der Waals surface area (Å²) in [6.45, 7) is 31.2. The topological polar surface area (TPSA) is 92.3 Å². The number of rotatable bonds is 0. The summed E-state index contributed by atoms with van der Waals surface area (Å²) in [5.41, 5.74) is -0.323. The van der Waals surface area contributed by atoms with Crippen molar-refractivity contribution in [2.75, 3.05) is 39.6 Å². The van der Waals surface area contributed by atoms with Crippen molar-refractivity contribution in [2.24, 2.45) is 5.92 Å². The van der Waals surface area contributed by atoms with E-state index in [1.165, 1.54) is 0 Å². The molecule has 5 fully saturated rings. The van der Waals surface area contributed by atoms with E-state index in [2.05, 4.69) is 55.4 Å². The lowest BCUT2D eigenvalue weighted by molar-refractivity contribution is -0.0260. The standard InChI is InChI=1S/2C7H15BO2.C5H11BO2.C4H9BO2.C3H7BO2/c1-6-5-7(2,3)10-8(4)9-6;1-6(2)7(3,4)10-8(5)9-6;1-5-3-7-6(2)8-4-5;1-5-6-3-2-4-7-5;1-4-5-2-3-6-4/h6H,5H2,1-4H3;1-5H3;5H,3-4H2,1-2H3;2-4H2,1H3;2-3H2,1H3. The maximum absolute atomic E-state index is 5.54. The molecular weight excluding hydrogens is 526 g/mol. The molecule has 0 aromatic rings. The van der Waals surface area contributed by atoms with Gasteiger partial charge in [-0.25, -0.2) is 0 Å². The predicted molar refractivity (Wildman–Crippen MR) is 168 cm³/mol. The number of hydrogen-bond donors (Lipinski definition) is 0. The minimum atomic E-state index is -0.160. The van der Waals surface area contributed by atoms with E-state index in [1.807, 2.05) is 34.1 Å². The van der Waals surface area contributed by atoms with Crippen molar-refractivity contribution >= 4 is 35.6 Å². The zero-order chi connectivity index (χ0) is 31.3. The molecule has 0 bridgehead atoms. The van der Waals surface area contributed by atoms with Gasteiger partial charge in [0, 0.05) is 32.5 Å². The summed E-state index contributed by atoms with van der Waals surface area (Å²) in [6.07, 6.45) is 2.36. The Balaban J connectivity index is 0.000000259. The highest BCUT2D eigenvalue weighted by Gasteiger charge is 2.48. The second kappa shape index (κ2) is 18.7. The summed E-state index contributed by atoms with van der Waals surface area (Å²) in [7, 11) is -0.00583. The SMILES string of the molecule is CB1OC(C)(C)C(C)(C)O1.CB1OC(C)CC(C)(C)O1.CB1OCC(C)CO1.CB1OCCCO1.CB1OCCO1. The molecule has 0 N–H and O–H groups in total. The van der Waals surface area contributed by atoms with Crippen LogP contribution in [0.3, 0.4) is 0 Å². The smallest absolute Gasteiger partial charge is 0.411 e. The lowest BCUT2D eigenvalue weighted by atomic mass is 9.86. The van der Waals surface area contributed by atoms with Crippen LogP contribution in [0.1, 0.15) is 68.2 Å². The summed E-state index contributed by atoms with van der Waals surface area (Å²) < 4.78 is 52.3. The van der Waals surface area contributed by atoms with Gasteiger partial charge in [0.05, 0.1) is 30.0 Å². The van der Waals surface area contributed by atoms with Crippen molar-refractivity contribution in [3.8, 4) is 0 Å². The van der Waals surface area contributed by atoms with Gasteiger partial charge >= 0.3 is 35.6 Å². The van der Waals surface area contributed by atoms with Gasteiger partial charge in [-0.1, -0.05) is 6.92 Å². The van der Waals surface area contributed by atoms with Crippen LogP contribution in [-0.4, -0.2) is 98.1 Å². The van der Waals surface area contributed by atoms with Gasteiger partial charge in [0.2, 0.25) is 0 Å². The van der Waals surface area contributed by atoms with Crippen LogP contribution >= 0.6 is 0 Å². The Hall–Kier alpha value is -0.0753. The fraction of sp³-hybridized carbons (Fsp3) is 1.00. The van der Waals surface area contributed by atoms with Crippen LogP contribution in [0.25, 0.3) is 0 Å². The second-order valence-electron chi connectivity index (χ2n) is 12.7. The highest BCUT2D eigenvalue weighted by molar-refractivity contribution is 6.44. The highest BCUT2D eigenvalue weighted by atomic mass is 16.7. The Morgan fingerprint density at radius 3 is 1.17 bits per heavy atom. The Kier molecular flexibility index (Phi) is 17.7. The minimum absolute atomic E-state index is 0.00289. The first-order chi connectivity index (χ1) is 18.9. The molecule has 0 saturated carbocycles. The van der Waals surface area contributed by atoms with Gasteiger partial charge in [-0.05, 0) is 101 Å². The van der Waals surface area contributed by atoms with E-state index in [4.69, 9.17) is 46.5 Å². The van der Waals surface area contributed by atoms with Crippen molar-refractivity contribution in [1.82, 2.24) is 0 Å². The monoisotopic (exact) mass is 584 g/mol. The molecule has 0 spiro atoms. The molecule has 0 amide bonds. The van der Waals surface area contributed by atoms with Crippen molar-refractivity contribution in [2.45, 2.75) is 125 Å². The molecule has 5 saturated heterocycles. The molecule has 15 heteroatoms. The van der Waals surface area contributed by atoms with E-state index in [9.17, 15) is 0 Å². The number of hydrogen-bond acceptors (Lipinski definition) is 10. The normalized spacial score (nSPS) is 26.9. The molecule has 1 unspecified atom stereocenters. The third kappa shape index (κ3) is 17.1. The summed E-state index contributed by atoms with van der Waals surface area (Å²) in [5, 5.41) is 0. The van der Waals surface area contributed by atoms with Crippen molar-refractivity contribution in [3.63, 3.8) is 0 Å². The lowest BCUT2D eigenvalue weighted by Crippen LogP contribution is -2.44. The molecule has 0 aliphatic carbocycles. The molecule has 10 nitrogen and oxygen atoms in total. The average Bonchev–Trinajstić information content (AvgIpc) is 3.38. The minimum Gasteiger partial charge on any atom is -0.411 e. The van der Waals surface area contributed by atoms with Crippen LogP contribution in [0.15, 0.2) is 0 Å². The van der Waals surface area contributed by atoms with E-state index < -0.39 is 0 Å². The second-order valence-corrected chi connectivity index (χ2v) is 12.7. The first-order valence-electron chi connectivity index (χ1n) is 15.3. The van der Waals surface area contributed by atoms with E-state index >= 15 is 0 Å². The zero-order valence-corrected chi connectivity index (χ0v) is 28.3. The third-order valence-corrected chi connectivity index (χ3v) is 7.07. The van der Waals surface area contributed by atoms with Gasteiger partial charge in [0.25, 0.3) is 0 Å². The molecule has 5 rings (SSSR count). The van der Waals surface area contributed by atoms with Crippen LogP contribution in [0, 0.1) is 5.92 Å². The zero-order valence-electron chi connectivity index (χ0n) is 28.3. The Morgan fingerprint density at radius 2 is 0.927 bits per heavy atom. The van der Waals surface area contributed by atoms with Gasteiger partial charge in [-0.3, -0.25) is 0 Å². The van der Waals surface area contributed by atoms with Gasteiger partial charge in [-0.2, -0.15) is 0 Å². The largest absolute Gasteiger partial charge is 0.454 e. The molecule has 236 valence electrons. The Bertz CT molecular complexity index is 648. The van der Waals surface area contributed by atoms with Crippen LogP contribution in [0.4, 0.5) is 0 Å². The summed E-state index contributed by atoms with van der Waals surface area (Å²) in [4.78, 5) is 0. The molecular formula is C26H57B5O10. The van der Waals surface area contributed by atoms with Crippen LogP contribution in [0.2, 0.25) is 34.1 Å². The first kappa shape index (κ1) is 38.9. The molecule has 41 heavy (non-hydrogen) atoms. The quantitative estimate of drug-likeness (QED) is 0.367. The molecule has 1 atom stereocenters. The summed E-state index contributed by atoms with van der Waals surface area (Å²) >= 11 is 0. The lowest BCUT2D eigenvalue weighted by Gasteiger charge is -2.37. The molecule has 0 aromatic carbocycles. The van der Waals surface area contributed by atoms with Crippen molar-refractivity contribution in [1.29, 1.82) is 0 Å². The van der Waals surface area contributed by atoms with Crippen LogP contribution in [0.5, 0.6) is 0 Å². The van der Waals surface area contributed by atoms with Gasteiger partial charge < -0.3 is 46.5 Å².